The van der Waals surface area contributed by atoms with Crippen molar-refractivity contribution in [1.29, 1.82) is 0 Å². The molecule has 0 N–H and O–H groups in total. The smallest absolute Gasteiger partial charge is 0.387 e. The summed E-state index contributed by atoms with van der Waals surface area (Å²) in [7, 11) is 1.35. The van der Waals surface area contributed by atoms with Gasteiger partial charge in [-0.05, 0) is 18.6 Å². The van der Waals surface area contributed by atoms with Crippen LogP contribution in [0.25, 0.3) is 0 Å². The molecule has 0 aliphatic heterocycles. The van der Waals surface area contributed by atoms with Crippen molar-refractivity contribution in [2.45, 2.75) is 23.0 Å². The summed E-state index contributed by atoms with van der Waals surface area (Å²) in [5.41, 5.74) is 0.295. The Labute approximate surface area is 145 Å². The first-order valence-electron chi connectivity index (χ1n) is 6.91. The maximum absolute atomic E-state index is 12.7. The lowest BCUT2D eigenvalue weighted by Gasteiger charge is -2.20. The van der Waals surface area contributed by atoms with Crippen molar-refractivity contribution in [3.63, 3.8) is 0 Å². The summed E-state index contributed by atoms with van der Waals surface area (Å²) >= 11 is 6.32. The number of nitrogens with zero attached hydrogens (tertiary/aromatic N) is 1. The lowest BCUT2D eigenvalue weighted by molar-refractivity contribution is -0.0924. The molecular weight excluding hydrogens is 364 g/mol. The molecule has 0 spiro atoms. The molecule has 0 aromatic carbocycles. The molecule has 5 nitrogen and oxygen atoms in total. The third kappa shape index (κ3) is 4.24. The first-order valence-corrected chi connectivity index (χ1v) is 8.62. The maximum atomic E-state index is 12.7. The molecule has 0 bridgehead atoms. The highest BCUT2D eigenvalue weighted by Crippen LogP contribution is 2.38. The highest BCUT2D eigenvalue weighted by atomic mass is 35.5. The van der Waals surface area contributed by atoms with Gasteiger partial charge in [-0.15, -0.1) is 11.6 Å². The third-order valence-electron chi connectivity index (χ3n) is 3.29. The van der Waals surface area contributed by atoms with Gasteiger partial charge in [0, 0.05) is 12.3 Å². The Balaban J connectivity index is 2.14. The van der Waals surface area contributed by atoms with E-state index in [0.717, 1.165) is 0 Å². The van der Waals surface area contributed by atoms with Crippen molar-refractivity contribution in [1.82, 2.24) is 4.98 Å². The Bertz CT molecular complexity index is 669. The summed E-state index contributed by atoms with van der Waals surface area (Å²) in [5, 5.41) is -0.449. The minimum atomic E-state index is -2.89. The van der Waals surface area contributed by atoms with Gasteiger partial charge in [-0.3, -0.25) is 9.19 Å². The Morgan fingerprint density at radius 3 is 2.67 bits per heavy atom. The Morgan fingerprint density at radius 1 is 1.38 bits per heavy atom. The van der Waals surface area contributed by atoms with Gasteiger partial charge < -0.3 is 14.2 Å². The summed E-state index contributed by atoms with van der Waals surface area (Å²) in [6.07, 6.45) is 6.09. The normalized spacial score (nSPS) is 19.6. The van der Waals surface area contributed by atoms with Gasteiger partial charge in [-0.2, -0.15) is 8.78 Å². The molecule has 24 heavy (non-hydrogen) atoms. The topological polar surface area (TPSA) is 57.7 Å². The number of allylic oxidation sites excluding steroid dienone is 2. The molecule has 2 rings (SSSR count). The van der Waals surface area contributed by atoms with Crippen LogP contribution in [-0.4, -0.2) is 35.3 Å². The largest absolute Gasteiger partial charge is 0.493 e. The second-order valence-corrected chi connectivity index (χ2v) is 7.12. The van der Waals surface area contributed by atoms with Crippen molar-refractivity contribution in [3.8, 4) is 11.5 Å². The van der Waals surface area contributed by atoms with Crippen LogP contribution >= 0.6 is 11.6 Å². The van der Waals surface area contributed by atoms with Crippen LogP contribution < -0.4 is 9.47 Å². The lowest BCUT2D eigenvalue weighted by atomic mass is 10.2. The monoisotopic (exact) mass is 379 g/mol. The van der Waals surface area contributed by atoms with E-state index >= 15 is 0 Å². The van der Waals surface area contributed by atoms with E-state index in [2.05, 4.69) is 9.72 Å². The van der Waals surface area contributed by atoms with Crippen LogP contribution in [0.1, 0.15) is 16.8 Å². The van der Waals surface area contributed by atoms with E-state index in [-0.39, 0.29) is 12.2 Å². The van der Waals surface area contributed by atoms with Crippen molar-refractivity contribution >= 4 is 22.4 Å². The molecule has 132 valence electrons. The van der Waals surface area contributed by atoms with Crippen molar-refractivity contribution in [2.24, 2.45) is 0 Å². The molecule has 1 aromatic rings. The zero-order valence-electron chi connectivity index (χ0n) is 12.9. The van der Waals surface area contributed by atoms with Crippen molar-refractivity contribution in [3.05, 3.63) is 41.9 Å². The van der Waals surface area contributed by atoms with Crippen LogP contribution in [-0.2, 0) is 15.5 Å². The molecule has 1 aliphatic rings. The SMILES string of the molecule is COc1ccnc(C(Cl)S(=O)C2C=CC(OC(F)F)=CC2)c1OC. The van der Waals surface area contributed by atoms with Gasteiger partial charge in [0.1, 0.15) is 11.5 Å². The van der Waals surface area contributed by atoms with Gasteiger partial charge in [0.05, 0.1) is 30.3 Å². The molecule has 0 saturated heterocycles. The van der Waals surface area contributed by atoms with Crippen LogP contribution in [0.3, 0.4) is 0 Å². The fourth-order valence-electron chi connectivity index (χ4n) is 2.18. The van der Waals surface area contributed by atoms with Gasteiger partial charge in [0.25, 0.3) is 0 Å². The predicted octanol–water partition coefficient (Wildman–Crippen LogP) is 3.54. The second-order valence-electron chi connectivity index (χ2n) is 4.69. The number of hydrogen-bond acceptors (Lipinski definition) is 5. The molecule has 3 unspecified atom stereocenters. The van der Waals surface area contributed by atoms with E-state index in [0.29, 0.717) is 17.2 Å². The van der Waals surface area contributed by atoms with Gasteiger partial charge in [0.15, 0.2) is 16.2 Å². The fourth-order valence-corrected chi connectivity index (χ4v) is 3.95. The number of halogens is 3. The predicted molar refractivity (Wildman–Crippen MR) is 86.8 cm³/mol. The Kier molecular flexibility index (Phi) is 6.56. The molecule has 0 fully saturated rings. The van der Waals surface area contributed by atoms with Gasteiger partial charge >= 0.3 is 6.61 Å². The average molecular weight is 380 g/mol. The maximum Gasteiger partial charge on any atom is 0.387 e. The third-order valence-corrected chi connectivity index (χ3v) is 5.60. The molecule has 1 aromatic heterocycles. The van der Waals surface area contributed by atoms with Crippen LogP contribution in [0.15, 0.2) is 36.3 Å². The van der Waals surface area contributed by atoms with Crippen LogP contribution in [0.4, 0.5) is 8.78 Å². The summed E-state index contributed by atoms with van der Waals surface area (Å²) in [4.78, 5) is 4.13. The summed E-state index contributed by atoms with van der Waals surface area (Å²) < 4.78 is 50.8. The Morgan fingerprint density at radius 2 is 2.12 bits per heavy atom. The molecule has 0 amide bonds. The van der Waals surface area contributed by atoms with E-state index in [9.17, 15) is 13.0 Å². The van der Waals surface area contributed by atoms with Crippen LogP contribution in [0.5, 0.6) is 11.5 Å². The molecule has 1 heterocycles. The highest BCUT2D eigenvalue weighted by molar-refractivity contribution is 7.87. The van der Waals surface area contributed by atoms with Crippen LogP contribution in [0.2, 0.25) is 0 Å². The lowest BCUT2D eigenvalue weighted by Crippen LogP contribution is -2.19. The van der Waals surface area contributed by atoms with E-state index in [1.165, 1.54) is 38.6 Å². The first kappa shape index (κ1) is 18.7. The Hall–Kier alpha value is -1.67. The van der Waals surface area contributed by atoms with E-state index in [4.69, 9.17) is 21.1 Å². The number of hydrogen-bond donors (Lipinski definition) is 0. The molecule has 3 atom stereocenters. The number of methoxy groups -OCH3 is 2. The zero-order valence-corrected chi connectivity index (χ0v) is 14.5. The quantitative estimate of drug-likeness (QED) is 0.678. The van der Waals surface area contributed by atoms with Gasteiger partial charge in [-0.25, -0.2) is 0 Å². The molecule has 1 aliphatic carbocycles. The standard InChI is InChI=1S/C15H16ClF2NO4S/c1-21-11-7-8-19-12(13(11)22-2)14(16)24(20)10-5-3-9(4-6-10)23-15(17)18/h3-5,7-8,10,14-15H,6H2,1-2H3. The number of aromatic nitrogens is 1. The fraction of sp³-hybridized carbons (Fsp3) is 0.400. The summed E-state index contributed by atoms with van der Waals surface area (Å²) in [6.45, 7) is -2.89. The second kappa shape index (κ2) is 8.43. The van der Waals surface area contributed by atoms with E-state index in [1.807, 2.05) is 0 Å². The minimum Gasteiger partial charge on any atom is -0.493 e. The van der Waals surface area contributed by atoms with E-state index < -0.39 is 27.4 Å². The summed E-state index contributed by atoms with van der Waals surface area (Å²) in [5.74, 6) is 0.781. The number of rotatable bonds is 7. The minimum absolute atomic E-state index is 0.0430. The van der Waals surface area contributed by atoms with Crippen molar-refractivity contribution in [2.75, 3.05) is 14.2 Å². The molecule has 0 radical (unpaired) electrons. The molecular formula is C15H16ClF2NO4S. The van der Waals surface area contributed by atoms with Gasteiger partial charge in [0.2, 0.25) is 0 Å². The highest BCUT2D eigenvalue weighted by Gasteiger charge is 2.29. The van der Waals surface area contributed by atoms with E-state index in [1.54, 1.807) is 6.07 Å². The van der Waals surface area contributed by atoms with Gasteiger partial charge in [-0.1, -0.05) is 6.08 Å². The average Bonchev–Trinajstić information content (AvgIpc) is 2.59. The summed E-state index contributed by atoms with van der Waals surface area (Å²) in [6, 6.07) is 1.60. The zero-order chi connectivity index (χ0) is 17.7. The molecule has 9 heteroatoms. The number of pyridine rings is 1. The number of alkyl halides is 3. The first-order chi connectivity index (χ1) is 11.5. The van der Waals surface area contributed by atoms with Crippen LogP contribution in [0, 0.1) is 0 Å². The molecule has 0 saturated carbocycles. The number of ether oxygens (including phenoxy) is 3. The van der Waals surface area contributed by atoms with Crippen molar-refractivity contribution < 1.29 is 27.2 Å².